The Morgan fingerprint density at radius 3 is 2.47 bits per heavy atom. The number of hydrogen-bond donors (Lipinski definition) is 1. The first kappa shape index (κ1) is 12.3. The van der Waals surface area contributed by atoms with E-state index in [1.165, 1.54) is 0 Å². The zero-order valence-electron chi connectivity index (χ0n) is 9.90. The van der Waals surface area contributed by atoms with Gasteiger partial charge < -0.3 is 4.98 Å². The number of nitrogens with zero attached hydrogens (tertiary/aromatic N) is 1. The van der Waals surface area contributed by atoms with E-state index in [9.17, 15) is 0 Å². The van der Waals surface area contributed by atoms with Gasteiger partial charge in [-0.05, 0) is 6.07 Å². The van der Waals surface area contributed by atoms with Crippen molar-refractivity contribution in [3.63, 3.8) is 0 Å². The number of benzene rings is 2. The maximum atomic E-state index is 6.20. The fourth-order valence-corrected chi connectivity index (χ4v) is 2.30. The Kier molecular flexibility index (Phi) is 3.28. The molecule has 3 aromatic rings. The van der Waals surface area contributed by atoms with Crippen LogP contribution in [0.3, 0.4) is 0 Å². The van der Waals surface area contributed by atoms with E-state index in [0.29, 0.717) is 10.0 Å². The summed E-state index contributed by atoms with van der Waals surface area (Å²) < 4.78 is 0. The first-order chi connectivity index (χ1) is 9.25. The minimum atomic E-state index is 0.523. The van der Waals surface area contributed by atoms with Crippen molar-refractivity contribution < 1.29 is 0 Å². The maximum Gasteiger partial charge on any atom is 0.138 e. The van der Waals surface area contributed by atoms with Crippen molar-refractivity contribution in [1.82, 2.24) is 9.97 Å². The molecule has 0 aliphatic rings. The predicted molar refractivity (Wildman–Crippen MR) is 79.5 cm³/mol. The first-order valence-corrected chi connectivity index (χ1v) is 6.56. The molecule has 2 aromatic carbocycles. The smallest absolute Gasteiger partial charge is 0.138 e. The van der Waals surface area contributed by atoms with E-state index in [1.807, 2.05) is 48.7 Å². The van der Waals surface area contributed by atoms with Crippen molar-refractivity contribution in [3.05, 3.63) is 64.8 Å². The van der Waals surface area contributed by atoms with E-state index >= 15 is 0 Å². The summed E-state index contributed by atoms with van der Waals surface area (Å²) in [7, 11) is 0. The zero-order valence-corrected chi connectivity index (χ0v) is 11.4. The van der Waals surface area contributed by atoms with Gasteiger partial charge in [-0.2, -0.15) is 0 Å². The van der Waals surface area contributed by atoms with Crippen LogP contribution < -0.4 is 0 Å². The molecule has 1 aromatic heterocycles. The van der Waals surface area contributed by atoms with Crippen molar-refractivity contribution in [2.24, 2.45) is 0 Å². The van der Waals surface area contributed by atoms with Gasteiger partial charge in [-0.25, -0.2) is 4.98 Å². The number of halogens is 2. The van der Waals surface area contributed by atoms with E-state index in [-0.39, 0.29) is 0 Å². The largest absolute Gasteiger partial charge is 0.344 e. The molecule has 1 N–H and O–H groups in total. The van der Waals surface area contributed by atoms with E-state index in [0.717, 1.165) is 22.6 Å². The number of hydrogen-bond acceptors (Lipinski definition) is 1. The second-order valence-corrected chi connectivity index (χ2v) is 4.89. The van der Waals surface area contributed by atoms with Crippen molar-refractivity contribution >= 4 is 23.2 Å². The Hall–Kier alpha value is -1.77. The molecule has 0 unspecified atom stereocenters. The Labute approximate surface area is 121 Å². The lowest BCUT2D eigenvalue weighted by molar-refractivity contribution is 1.31. The van der Waals surface area contributed by atoms with Crippen LogP contribution in [0.4, 0.5) is 0 Å². The Balaban J connectivity index is 2.05. The molecule has 0 atom stereocenters. The summed E-state index contributed by atoms with van der Waals surface area (Å²) in [5, 5.41) is 1.05. The number of imidazole rings is 1. The number of rotatable bonds is 2. The molecule has 0 bridgehead atoms. The number of nitrogens with one attached hydrogen (secondary N) is 1. The molecule has 1 heterocycles. The molecule has 94 valence electrons. The predicted octanol–water partition coefficient (Wildman–Crippen LogP) is 5.05. The third-order valence-corrected chi connectivity index (χ3v) is 3.67. The summed E-state index contributed by atoms with van der Waals surface area (Å²) >= 11 is 12.2. The van der Waals surface area contributed by atoms with Crippen LogP contribution in [0.25, 0.3) is 22.6 Å². The third kappa shape index (κ3) is 2.37. The molecular weight excluding hydrogens is 279 g/mol. The van der Waals surface area contributed by atoms with E-state index in [1.54, 1.807) is 6.07 Å². The van der Waals surface area contributed by atoms with Crippen molar-refractivity contribution in [1.29, 1.82) is 0 Å². The van der Waals surface area contributed by atoms with Gasteiger partial charge >= 0.3 is 0 Å². The van der Waals surface area contributed by atoms with Crippen LogP contribution >= 0.6 is 23.2 Å². The average molecular weight is 289 g/mol. The number of aromatic amines is 1. The molecule has 0 aliphatic heterocycles. The highest BCUT2D eigenvalue weighted by Gasteiger charge is 2.10. The van der Waals surface area contributed by atoms with Gasteiger partial charge in [0.05, 0.1) is 15.7 Å². The normalized spacial score (nSPS) is 10.6. The molecule has 4 heteroatoms. The van der Waals surface area contributed by atoms with Crippen LogP contribution in [0, 0.1) is 0 Å². The van der Waals surface area contributed by atoms with Crippen LogP contribution in [-0.2, 0) is 0 Å². The lowest BCUT2D eigenvalue weighted by Gasteiger charge is -2.01. The minimum absolute atomic E-state index is 0.523. The summed E-state index contributed by atoms with van der Waals surface area (Å²) in [5.74, 6) is 0.812. The molecule has 2 nitrogen and oxygen atoms in total. The molecule has 0 aliphatic carbocycles. The van der Waals surface area contributed by atoms with Crippen LogP contribution in [0.15, 0.2) is 54.7 Å². The van der Waals surface area contributed by atoms with E-state index in [4.69, 9.17) is 23.2 Å². The van der Waals surface area contributed by atoms with E-state index < -0.39 is 0 Å². The van der Waals surface area contributed by atoms with Crippen LogP contribution in [0.2, 0.25) is 10.0 Å². The second kappa shape index (κ2) is 5.08. The van der Waals surface area contributed by atoms with Gasteiger partial charge in [0.25, 0.3) is 0 Å². The fourth-order valence-electron chi connectivity index (χ4n) is 1.91. The van der Waals surface area contributed by atoms with Gasteiger partial charge in [-0.1, -0.05) is 65.7 Å². The molecule has 19 heavy (non-hydrogen) atoms. The Morgan fingerprint density at radius 2 is 1.68 bits per heavy atom. The van der Waals surface area contributed by atoms with Crippen LogP contribution in [0.5, 0.6) is 0 Å². The van der Waals surface area contributed by atoms with Gasteiger partial charge in [0.15, 0.2) is 0 Å². The summed E-state index contributed by atoms with van der Waals surface area (Å²) in [6.07, 6.45) is 1.83. The lowest BCUT2D eigenvalue weighted by atomic mass is 10.2. The highest BCUT2D eigenvalue weighted by atomic mass is 35.5. The molecule has 0 saturated carbocycles. The van der Waals surface area contributed by atoms with Crippen molar-refractivity contribution in [2.45, 2.75) is 0 Å². The van der Waals surface area contributed by atoms with Gasteiger partial charge in [-0.15, -0.1) is 0 Å². The number of aromatic nitrogens is 2. The van der Waals surface area contributed by atoms with Gasteiger partial charge in [0.1, 0.15) is 5.82 Å². The Bertz CT molecular complexity index is 705. The quantitative estimate of drug-likeness (QED) is 0.702. The second-order valence-electron chi connectivity index (χ2n) is 4.10. The molecule has 0 saturated heterocycles. The highest BCUT2D eigenvalue weighted by molar-refractivity contribution is 6.43. The molecule has 0 fully saturated rings. The van der Waals surface area contributed by atoms with Crippen molar-refractivity contribution in [3.8, 4) is 22.6 Å². The molecular formula is C15H10Cl2N2. The molecule has 0 spiro atoms. The first-order valence-electron chi connectivity index (χ1n) is 5.81. The third-order valence-electron chi connectivity index (χ3n) is 2.85. The molecule has 3 rings (SSSR count). The fraction of sp³-hybridized carbons (Fsp3) is 0. The maximum absolute atomic E-state index is 6.20. The Morgan fingerprint density at radius 1 is 0.895 bits per heavy atom. The SMILES string of the molecule is Clc1cccc(-c2c[nH]c(-c3ccccc3)n2)c1Cl. The molecule has 0 radical (unpaired) electrons. The average Bonchev–Trinajstić information content (AvgIpc) is 2.92. The zero-order chi connectivity index (χ0) is 13.2. The summed E-state index contributed by atoms with van der Waals surface area (Å²) in [6.45, 7) is 0. The summed E-state index contributed by atoms with van der Waals surface area (Å²) in [6, 6.07) is 15.5. The van der Waals surface area contributed by atoms with E-state index in [2.05, 4.69) is 9.97 Å². The topological polar surface area (TPSA) is 28.7 Å². The summed E-state index contributed by atoms with van der Waals surface area (Å²) in [5.41, 5.74) is 2.64. The van der Waals surface area contributed by atoms with Gasteiger partial charge in [-0.3, -0.25) is 0 Å². The van der Waals surface area contributed by atoms with Gasteiger partial charge in [0, 0.05) is 17.3 Å². The lowest BCUT2D eigenvalue weighted by Crippen LogP contribution is -1.82. The van der Waals surface area contributed by atoms with Crippen LogP contribution in [0.1, 0.15) is 0 Å². The number of H-pyrrole nitrogens is 1. The van der Waals surface area contributed by atoms with Crippen molar-refractivity contribution in [2.75, 3.05) is 0 Å². The van der Waals surface area contributed by atoms with Crippen LogP contribution in [-0.4, -0.2) is 9.97 Å². The highest BCUT2D eigenvalue weighted by Crippen LogP contribution is 2.33. The molecule has 0 amide bonds. The standard InChI is InChI=1S/C15H10Cl2N2/c16-12-8-4-7-11(14(12)17)13-9-18-15(19-13)10-5-2-1-3-6-10/h1-9H,(H,18,19). The monoisotopic (exact) mass is 288 g/mol. The van der Waals surface area contributed by atoms with Gasteiger partial charge in [0.2, 0.25) is 0 Å². The summed E-state index contributed by atoms with van der Waals surface area (Å²) in [4.78, 5) is 7.71. The minimum Gasteiger partial charge on any atom is -0.344 e.